The van der Waals surface area contributed by atoms with Gasteiger partial charge in [-0.05, 0) is 35.0 Å². The van der Waals surface area contributed by atoms with E-state index in [-0.39, 0.29) is 5.91 Å². The molecule has 0 spiro atoms. The monoisotopic (exact) mass is 345 g/mol. The zero-order chi connectivity index (χ0) is 16.2. The fraction of sp³-hybridized carbons (Fsp3) is 0.167. The van der Waals surface area contributed by atoms with Crippen LogP contribution < -0.4 is 10.2 Å². The van der Waals surface area contributed by atoms with Gasteiger partial charge in [-0.2, -0.15) is 0 Å². The number of amides is 1. The average Bonchev–Trinajstić information content (AvgIpc) is 2.91. The molecular weight excluding hydrogens is 328 g/mol. The molecule has 0 aliphatic rings. The van der Waals surface area contributed by atoms with Gasteiger partial charge in [0, 0.05) is 5.69 Å². The first-order valence-corrected chi connectivity index (χ1v) is 8.64. The van der Waals surface area contributed by atoms with E-state index >= 15 is 0 Å². The van der Waals surface area contributed by atoms with Crippen molar-refractivity contribution in [2.45, 2.75) is 6.54 Å². The van der Waals surface area contributed by atoms with Gasteiger partial charge in [0.05, 0.1) is 16.3 Å². The molecule has 0 saturated heterocycles. The van der Waals surface area contributed by atoms with Gasteiger partial charge in [-0.25, -0.2) is 0 Å². The highest BCUT2D eigenvalue weighted by molar-refractivity contribution is 7.16. The number of rotatable bonds is 5. The Morgan fingerprint density at radius 2 is 1.91 bits per heavy atom. The van der Waals surface area contributed by atoms with Gasteiger partial charge in [0.15, 0.2) is 6.54 Å². The Morgan fingerprint density at radius 1 is 1.13 bits per heavy atom. The lowest BCUT2D eigenvalue weighted by molar-refractivity contribution is -0.884. The fourth-order valence-corrected chi connectivity index (χ4v) is 3.75. The number of hydrogen-bond acceptors (Lipinski definition) is 2. The van der Waals surface area contributed by atoms with Crippen LogP contribution in [0.25, 0.3) is 10.8 Å². The van der Waals surface area contributed by atoms with Crippen LogP contribution in [-0.4, -0.2) is 19.5 Å². The second kappa shape index (κ2) is 7.13. The van der Waals surface area contributed by atoms with E-state index in [2.05, 4.69) is 11.4 Å². The molecule has 23 heavy (non-hydrogen) atoms. The van der Waals surface area contributed by atoms with E-state index in [9.17, 15) is 4.79 Å². The number of hydrogen-bond donors (Lipinski definition) is 2. The van der Waals surface area contributed by atoms with Crippen molar-refractivity contribution in [3.63, 3.8) is 0 Å². The second-order valence-electron chi connectivity index (χ2n) is 5.63. The normalized spacial score (nSPS) is 12.3. The van der Waals surface area contributed by atoms with Crippen LogP contribution in [-0.2, 0) is 11.3 Å². The molecule has 0 aliphatic heterocycles. The van der Waals surface area contributed by atoms with Gasteiger partial charge < -0.3 is 10.2 Å². The summed E-state index contributed by atoms with van der Waals surface area (Å²) in [5.41, 5.74) is 0.834. The number of halogens is 1. The van der Waals surface area contributed by atoms with Gasteiger partial charge in [-0.1, -0.05) is 41.9 Å². The SMILES string of the molecule is C[NH+](CC(=O)Nc1ccc2ccccc2c1)Cc1ccc(Cl)s1. The smallest absolute Gasteiger partial charge is 0.279 e. The molecule has 0 radical (unpaired) electrons. The van der Waals surface area contributed by atoms with E-state index in [1.165, 1.54) is 10.3 Å². The summed E-state index contributed by atoms with van der Waals surface area (Å²) >= 11 is 7.50. The zero-order valence-electron chi connectivity index (χ0n) is 12.8. The molecule has 1 aromatic heterocycles. The highest BCUT2D eigenvalue weighted by Crippen LogP contribution is 2.20. The minimum atomic E-state index is 0.0143. The van der Waals surface area contributed by atoms with Gasteiger partial charge in [-0.15, -0.1) is 11.3 Å². The molecule has 0 saturated carbocycles. The Hall–Kier alpha value is -1.88. The Morgan fingerprint density at radius 3 is 2.65 bits per heavy atom. The van der Waals surface area contributed by atoms with Crippen molar-refractivity contribution in [2.75, 3.05) is 18.9 Å². The van der Waals surface area contributed by atoms with E-state index in [0.717, 1.165) is 26.9 Å². The van der Waals surface area contributed by atoms with Crippen LogP contribution in [0.5, 0.6) is 0 Å². The predicted octanol–water partition coefficient (Wildman–Crippen LogP) is 3.21. The minimum Gasteiger partial charge on any atom is -0.325 e. The Balaban J connectivity index is 1.59. The van der Waals surface area contributed by atoms with Crippen LogP contribution in [0.2, 0.25) is 4.34 Å². The summed E-state index contributed by atoms with van der Waals surface area (Å²) < 4.78 is 0.786. The maximum Gasteiger partial charge on any atom is 0.279 e. The van der Waals surface area contributed by atoms with Crippen molar-refractivity contribution < 1.29 is 9.69 Å². The quantitative estimate of drug-likeness (QED) is 0.731. The van der Waals surface area contributed by atoms with E-state index < -0.39 is 0 Å². The Bertz CT molecular complexity index is 831. The maximum absolute atomic E-state index is 12.2. The molecule has 1 heterocycles. The first-order chi connectivity index (χ1) is 11.1. The molecule has 0 fully saturated rings. The molecule has 1 unspecified atom stereocenters. The summed E-state index contributed by atoms with van der Waals surface area (Å²) in [6.07, 6.45) is 0. The second-order valence-corrected chi connectivity index (χ2v) is 7.43. The fourth-order valence-electron chi connectivity index (χ4n) is 2.55. The minimum absolute atomic E-state index is 0.0143. The lowest BCUT2D eigenvalue weighted by atomic mass is 10.1. The van der Waals surface area contributed by atoms with Gasteiger partial charge in [0.2, 0.25) is 0 Å². The number of likely N-dealkylation sites (N-methyl/N-ethyl adjacent to an activating group) is 1. The summed E-state index contributed by atoms with van der Waals surface area (Å²) in [4.78, 5) is 14.5. The van der Waals surface area contributed by atoms with Crippen molar-refractivity contribution in [3.8, 4) is 0 Å². The molecule has 1 atom stereocenters. The van der Waals surface area contributed by atoms with Gasteiger partial charge >= 0.3 is 0 Å². The van der Waals surface area contributed by atoms with Crippen LogP contribution in [0, 0.1) is 0 Å². The first-order valence-electron chi connectivity index (χ1n) is 7.44. The molecule has 3 rings (SSSR count). The largest absolute Gasteiger partial charge is 0.325 e. The molecule has 5 heteroatoms. The van der Waals surface area contributed by atoms with Crippen LogP contribution >= 0.6 is 22.9 Å². The van der Waals surface area contributed by atoms with E-state index in [0.29, 0.717) is 6.54 Å². The molecular formula is C18H18ClN2OS+. The third kappa shape index (κ3) is 4.32. The molecule has 3 aromatic rings. The predicted molar refractivity (Wildman–Crippen MR) is 97.4 cm³/mol. The number of fused-ring (bicyclic) bond motifs is 1. The molecule has 2 aromatic carbocycles. The lowest BCUT2D eigenvalue weighted by Crippen LogP contribution is -3.08. The third-order valence-corrected chi connectivity index (χ3v) is 4.83. The van der Waals surface area contributed by atoms with Gasteiger partial charge in [0.1, 0.15) is 6.54 Å². The van der Waals surface area contributed by atoms with Crippen LogP contribution in [0.15, 0.2) is 54.6 Å². The summed E-state index contributed by atoms with van der Waals surface area (Å²) in [6, 6.07) is 18.0. The van der Waals surface area contributed by atoms with Crippen LogP contribution in [0.4, 0.5) is 5.69 Å². The number of thiophene rings is 1. The Kier molecular flexibility index (Phi) is 4.96. The molecule has 0 bridgehead atoms. The molecule has 3 nitrogen and oxygen atoms in total. The van der Waals surface area contributed by atoms with E-state index in [1.807, 2.05) is 55.6 Å². The van der Waals surface area contributed by atoms with Crippen molar-refractivity contribution in [2.24, 2.45) is 0 Å². The summed E-state index contributed by atoms with van der Waals surface area (Å²) in [7, 11) is 2.01. The van der Waals surface area contributed by atoms with Crippen molar-refractivity contribution in [1.29, 1.82) is 0 Å². The average molecular weight is 346 g/mol. The van der Waals surface area contributed by atoms with Crippen molar-refractivity contribution in [1.82, 2.24) is 0 Å². The van der Waals surface area contributed by atoms with Gasteiger partial charge in [0.25, 0.3) is 5.91 Å². The number of benzene rings is 2. The molecule has 118 valence electrons. The number of carbonyl (C=O) groups excluding carboxylic acids is 1. The summed E-state index contributed by atoms with van der Waals surface area (Å²) in [5, 5.41) is 5.27. The molecule has 0 aliphatic carbocycles. The van der Waals surface area contributed by atoms with Gasteiger partial charge in [-0.3, -0.25) is 4.79 Å². The number of quaternary nitrogens is 1. The summed E-state index contributed by atoms with van der Waals surface area (Å²) in [5.74, 6) is 0.0143. The molecule has 1 amide bonds. The van der Waals surface area contributed by atoms with E-state index in [4.69, 9.17) is 11.6 Å². The third-order valence-electron chi connectivity index (χ3n) is 3.60. The number of anilines is 1. The zero-order valence-corrected chi connectivity index (χ0v) is 14.4. The lowest BCUT2D eigenvalue weighted by Gasteiger charge is -2.13. The number of carbonyl (C=O) groups is 1. The Labute approximate surface area is 144 Å². The highest BCUT2D eigenvalue weighted by Gasteiger charge is 2.12. The number of nitrogens with one attached hydrogen (secondary N) is 2. The maximum atomic E-state index is 12.2. The van der Waals surface area contributed by atoms with Crippen molar-refractivity contribution >= 4 is 45.3 Å². The topological polar surface area (TPSA) is 33.5 Å². The first kappa shape index (κ1) is 16.0. The highest BCUT2D eigenvalue weighted by atomic mass is 35.5. The van der Waals surface area contributed by atoms with Crippen LogP contribution in [0.3, 0.4) is 0 Å². The van der Waals surface area contributed by atoms with Crippen LogP contribution in [0.1, 0.15) is 4.88 Å². The van der Waals surface area contributed by atoms with E-state index in [1.54, 1.807) is 11.3 Å². The van der Waals surface area contributed by atoms with Crippen molar-refractivity contribution in [3.05, 3.63) is 63.8 Å². The standard InChI is InChI=1S/C18H17ClN2OS/c1-21(11-16-8-9-17(19)23-16)12-18(22)20-15-7-6-13-4-2-3-5-14(13)10-15/h2-10H,11-12H2,1H3,(H,20,22)/p+1. The molecule has 2 N–H and O–H groups in total. The summed E-state index contributed by atoms with van der Waals surface area (Å²) in [6.45, 7) is 1.21.